The maximum atomic E-state index is 11.4. The van der Waals surface area contributed by atoms with Crippen molar-refractivity contribution in [1.29, 1.82) is 0 Å². The van der Waals surface area contributed by atoms with E-state index in [9.17, 15) is 4.79 Å². The lowest BCUT2D eigenvalue weighted by Gasteiger charge is -2.27. The fourth-order valence-corrected chi connectivity index (χ4v) is 1.69. The molecule has 0 saturated carbocycles. The summed E-state index contributed by atoms with van der Waals surface area (Å²) in [6, 6.07) is 10.0. The highest BCUT2D eigenvalue weighted by Gasteiger charge is 2.28. The minimum atomic E-state index is -0.607. The Bertz CT molecular complexity index is 337. The van der Waals surface area contributed by atoms with Crippen LogP contribution in [0.15, 0.2) is 30.3 Å². The van der Waals surface area contributed by atoms with E-state index in [1.165, 1.54) is 0 Å². The van der Waals surface area contributed by atoms with Crippen molar-refractivity contribution in [3.8, 4) is 0 Å². The first-order valence-electron chi connectivity index (χ1n) is 5.67. The number of hydrogen-bond donors (Lipinski definition) is 2. The van der Waals surface area contributed by atoms with Crippen molar-refractivity contribution in [2.75, 3.05) is 0 Å². The highest BCUT2D eigenvalue weighted by atomic mass is 16.1. The minimum absolute atomic E-state index is 0.287. The first kappa shape index (κ1) is 12.7. The zero-order valence-electron chi connectivity index (χ0n) is 9.99. The summed E-state index contributed by atoms with van der Waals surface area (Å²) in [6.45, 7) is 4.58. The molecule has 0 radical (unpaired) electrons. The van der Waals surface area contributed by atoms with Crippen molar-refractivity contribution in [3.05, 3.63) is 35.9 Å². The lowest BCUT2D eigenvalue weighted by Crippen LogP contribution is -2.52. The van der Waals surface area contributed by atoms with Gasteiger partial charge in [-0.15, -0.1) is 0 Å². The van der Waals surface area contributed by atoms with Crippen LogP contribution in [0.25, 0.3) is 0 Å². The van der Waals surface area contributed by atoms with Gasteiger partial charge in [-0.3, -0.25) is 10.1 Å². The molecule has 0 fully saturated rings. The van der Waals surface area contributed by atoms with Gasteiger partial charge in [0.1, 0.15) is 0 Å². The SMILES string of the molecule is CCCC(C)(NCc1ccccc1)C(N)=O. The van der Waals surface area contributed by atoms with Crippen LogP contribution in [0.5, 0.6) is 0 Å². The van der Waals surface area contributed by atoms with Crippen LogP contribution < -0.4 is 11.1 Å². The number of nitrogens with two attached hydrogens (primary N) is 1. The van der Waals surface area contributed by atoms with Gasteiger partial charge < -0.3 is 5.73 Å². The Morgan fingerprint density at radius 1 is 1.38 bits per heavy atom. The van der Waals surface area contributed by atoms with Crippen LogP contribution in [0.2, 0.25) is 0 Å². The second-order valence-electron chi connectivity index (χ2n) is 4.29. The molecule has 3 nitrogen and oxygen atoms in total. The number of carbonyl (C=O) groups is 1. The van der Waals surface area contributed by atoms with Crippen LogP contribution in [0.4, 0.5) is 0 Å². The molecular formula is C13H20N2O. The Kier molecular flexibility index (Phi) is 4.50. The van der Waals surface area contributed by atoms with Gasteiger partial charge >= 0.3 is 0 Å². The van der Waals surface area contributed by atoms with Crippen molar-refractivity contribution >= 4 is 5.91 Å². The summed E-state index contributed by atoms with van der Waals surface area (Å²) in [4.78, 5) is 11.4. The predicted octanol–water partition coefficient (Wildman–Crippen LogP) is 1.82. The van der Waals surface area contributed by atoms with E-state index < -0.39 is 5.54 Å². The van der Waals surface area contributed by atoms with E-state index >= 15 is 0 Å². The Labute approximate surface area is 97.0 Å². The van der Waals surface area contributed by atoms with Gasteiger partial charge in [0.05, 0.1) is 5.54 Å². The number of primary amides is 1. The third-order valence-electron chi connectivity index (χ3n) is 2.82. The van der Waals surface area contributed by atoms with Crippen molar-refractivity contribution < 1.29 is 4.79 Å². The van der Waals surface area contributed by atoms with Crippen LogP contribution in [-0.2, 0) is 11.3 Å². The van der Waals surface area contributed by atoms with Gasteiger partial charge in [0.2, 0.25) is 5.91 Å². The summed E-state index contributed by atoms with van der Waals surface area (Å²) in [5, 5.41) is 3.24. The van der Waals surface area contributed by atoms with Crippen LogP contribution >= 0.6 is 0 Å². The zero-order chi connectivity index (χ0) is 12.0. The molecule has 1 aromatic carbocycles. The fraction of sp³-hybridized carbons (Fsp3) is 0.462. The molecule has 1 atom stereocenters. The smallest absolute Gasteiger partial charge is 0.237 e. The molecule has 0 aliphatic rings. The quantitative estimate of drug-likeness (QED) is 0.768. The first-order valence-corrected chi connectivity index (χ1v) is 5.67. The Morgan fingerprint density at radius 2 is 2.00 bits per heavy atom. The Hall–Kier alpha value is -1.35. The average Bonchev–Trinajstić information content (AvgIpc) is 2.28. The highest BCUT2D eigenvalue weighted by molar-refractivity contribution is 5.84. The van der Waals surface area contributed by atoms with E-state index in [2.05, 4.69) is 5.32 Å². The zero-order valence-corrected chi connectivity index (χ0v) is 9.99. The molecule has 88 valence electrons. The van der Waals surface area contributed by atoms with E-state index in [4.69, 9.17) is 5.73 Å². The predicted molar refractivity (Wildman–Crippen MR) is 65.8 cm³/mol. The molecule has 0 saturated heterocycles. The maximum absolute atomic E-state index is 11.4. The molecule has 0 spiro atoms. The Balaban J connectivity index is 2.60. The van der Waals surface area contributed by atoms with Crippen molar-refractivity contribution in [2.45, 2.75) is 38.8 Å². The lowest BCUT2D eigenvalue weighted by atomic mass is 9.95. The summed E-state index contributed by atoms with van der Waals surface area (Å²) < 4.78 is 0. The minimum Gasteiger partial charge on any atom is -0.368 e. The van der Waals surface area contributed by atoms with Gasteiger partial charge in [0.25, 0.3) is 0 Å². The number of rotatable bonds is 6. The first-order chi connectivity index (χ1) is 7.58. The molecule has 0 bridgehead atoms. The summed E-state index contributed by atoms with van der Waals surface area (Å²) in [6.07, 6.45) is 1.69. The molecule has 1 rings (SSSR count). The van der Waals surface area contributed by atoms with Crippen molar-refractivity contribution in [3.63, 3.8) is 0 Å². The molecule has 3 N–H and O–H groups in total. The molecule has 0 aliphatic carbocycles. The number of amides is 1. The van der Waals surface area contributed by atoms with E-state index in [1.807, 2.05) is 44.2 Å². The molecule has 1 aromatic rings. The topological polar surface area (TPSA) is 55.1 Å². The van der Waals surface area contributed by atoms with E-state index in [0.29, 0.717) is 6.54 Å². The molecule has 16 heavy (non-hydrogen) atoms. The van der Waals surface area contributed by atoms with E-state index in [-0.39, 0.29) is 5.91 Å². The summed E-state index contributed by atoms with van der Waals surface area (Å²) in [5.41, 5.74) is 5.97. The maximum Gasteiger partial charge on any atom is 0.237 e. The largest absolute Gasteiger partial charge is 0.368 e. The standard InChI is InChI=1S/C13H20N2O/c1-3-9-13(2,12(14)16)15-10-11-7-5-4-6-8-11/h4-8,15H,3,9-10H2,1-2H3,(H2,14,16). The van der Waals surface area contributed by atoms with Gasteiger partial charge in [-0.2, -0.15) is 0 Å². The Morgan fingerprint density at radius 3 is 2.50 bits per heavy atom. The second kappa shape index (κ2) is 5.66. The highest BCUT2D eigenvalue weighted by Crippen LogP contribution is 2.12. The van der Waals surface area contributed by atoms with Crippen molar-refractivity contribution in [1.82, 2.24) is 5.32 Å². The molecule has 3 heteroatoms. The fourth-order valence-electron chi connectivity index (χ4n) is 1.69. The summed E-state index contributed by atoms with van der Waals surface area (Å²) >= 11 is 0. The molecule has 0 aliphatic heterocycles. The van der Waals surface area contributed by atoms with Gasteiger partial charge in [0.15, 0.2) is 0 Å². The molecule has 0 heterocycles. The van der Waals surface area contributed by atoms with Crippen LogP contribution in [0.1, 0.15) is 32.3 Å². The van der Waals surface area contributed by atoms with Gasteiger partial charge in [-0.05, 0) is 18.9 Å². The number of hydrogen-bond acceptors (Lipinski definition) is 2. The van der Waals surface area contributed by atoms with Crippen LogP contribution in [0, 0.1) is 0 Å². The van der Waals surface area contributed by atoms with E-state index in [1.54, 1.807) is 0 Å². The van der Waals surface area contributed by atoms with Crippen LogP contribution in [-0.4, -0.2) is 11.4 Å². The van der Waals surface area contributed by atoms with Gasteiger partial charge in [-0.1, -0.05) is 43.7 Å². The monoisotopic (exact) mass is 220 g/mol. The number of benzene rings is 1. The molecule has 0 aromatic heterocycles. The average molecular weight is 220 g/mol. The molecule has 1 amide bonds. The normalized spacial score (nSPS) is 14.4. The van der Waals surface area contributed by atoms with E-state index in [0.717, 1.165) is 18.4 Å². The van der Waals surface area contributed by atoms with Crippen LogP contribution in [0.3, 0.4) is 0 Å². The number of carbonyl (C=O) groups excluding carboxylic acids is 1. The molecule has 1 unspecified atom stereocenters. The number of nitrogens with one attached hydrogen (secondary N) is 1. The third kappa shape index (κ3) is 3.35. The van der Waals surface area contributed by atoms with Crippen molar-refractivity contribution in [2.24, 2.45) is 5.73 Å². The summed E-state index contributed by atoms with van der Waals surface area (Å²) in [7, 11) is 0. The van der Waals surface area contributed by atoms with Gasteiger partial charge in [-0.25, -0.2) is 0 Å². The summed E-state index contributed by atoms with van der Waals surface area (Å²) in [5.74, 6) is -0.287. The van der Waals surface area contributed by atoms with Gasteiger partial charge in [0, 0.05) is 6.54 Å². The lowest BCUT2D eigenvalue weighted by molar-refractivity contribution is -0.124. The third-order valence-corrected chi connectivity index (χ3v) is 2.82. The molecular weight excluding hydrogens is 200 g/mol. The second-order valence-corrected chi connectivity index (χ2v) is 4.29.